The summed E-state index contributed by atoms with van der Waals surface area (Å²) >= 11 is 7.56. The molecule has 3 heteroatoms. The molecule has 0 radical (unpaired) electrons. The molecule has 0 spiro atoms. The second-order valence-corrected chi connectivity index (χ2v) is 4.46. The van der Waals surface area contributed by atoms with E-state index in [1.54, 1.807) is 11.3 Å². The van der Waals surface area contributed by atoms with Gasteiger partial charge in [0.1, 0.15) is 0 Å². The number of nitrogens with two attached hydrogens (primary N) is 1. The third-order valence-electron chi connectivity index (χ3n) is 2.06. The van der Waals surface area contributed by atoms with E-state index in [0.717, 1.165) is 15.5 Å². The third-order valence-corrected chi connectivity index (χ3v) is 3.25. The largest absolute Gasteiger partial charge is 0.320 e. The van der Waals surface area contributed by atoms with Crippen LogP contribution in [0.1, 0.15) is 16.5 Å². The topological polar surface area (TPSA) is 26.0 Å². The molecule has 1 aromatic heterocycles. The van der Waals surface area contributed by atoms with Crippen LogP contribution in [0.5, 0.6) is 0 Å². The maximum Gasteiger partial charge on any atom is 0.0646 e. The maximum absolute atomic E-state index is 6.08. The summed E-state index contributed by atoms with van der Waals surface area (Å²) in [6, 6.07) is 11.7. The van der Waals surface area contributed by atoms with E-state index in [1.807, 2.05) is 41.8 Å². The summed E-state index contributed by atoms with van der Waals surface area (Å²) in [4.78, 5) is 1.16. The van der Waals surface area contributed by atoms with Crippen molar-refractivity contribution in [2.24, 2.45) is 5.73 Å². The first-order chi connectivity index (χ1) is 6.77. The minimum Gasteiger partial charge on any atom is -0.320 e. The molecule has 0 saturated carbocycles. The second kappa shape index (κ2) is 4.13. The lowest BCUT2D eigenvalue weighted by molar-refractivity contribution is 0.894. The van der Waals surface area contributed by atoms with E-state index >= 15 is 0 Å². The van der Waals surface area contributed by atoms with Gasteiger partial charge in [-0.25, -0.2) is 0 Å². The fraction of sp³-hybridized carbons (Fsp3) is 0.0909. The van der Waals surface area contributed by atoms with E-state index in [-0.39, 0.29) is 6.04 Å². The van der Waals surface area contributed by atoms with Crippen molar-refractivity contribution in [3.63, 3.8) is 0 Å². The molecule has 0 saturated heterocycles. The van der Waals surface area contributed by atoms with Crippen molar-refractivity contribution in [2.45, 2.75) is 6.04 Å². The molecule has 0 bridgehead atoms. The van der Waals surface area contributed by atoms with Gasteiger partial charge in [-0.15, -0.1) is 11.3 Å². The van der Waals surface area contributed by atoms with Crippen LogP contribution in [0.3, 0.4) is 0 Å². The van der Waals surface area contributed by atoms with Crippen molar-refractivity contribution in [2.75, 3.05) is 0 Å². The molecule has 2 N–H and O–H groups in total. The molecule has 0 aliphatic carbocycles. The molecule has 0 unspecified atom stereocenters. The lowest BCUT2D eigenvalue weighted by atomic mass is 10.1. The molecule has 1 nitrogen and oxygen atoms in total. The Morgan fingerprint density at radius 2 is 2.07 bits per heavy atom. The predicted molar refractivity (Wildman–Crippen MR) is 61.8 cm³/mol. The van der Waals surface area contributed by atoms with Crippen LogP contribution in [0.15, 0.2) is 41.8 Å². The number of hydrogen-bond acceptors (Lipinski definition) is 2. The average molecular weight is 224 g/mol. The molecule has 2 aromatic rings. The Morgan fingerprint density at radius 1 is 1.21 bits per heavy atom. The van der Waals surface area contributed by atoms with Crippen LogP contribution < -0.4 is 5.73 Å². The predicted octanol–water partition coefficient (Wildman–Crippen LogP) is 3.45. The highest BCUT2D eigenvalue weighted by Crippen LogP contribution is 2.25. The van der Waals surface area contributed by atoms with Gasteiger partial charge >= 0.3 is 0 Å². The Morgan fingerprint density at radius 3 is 2.71 bits per heavy atom. The summed E-state index contributed by atoms with van der Waals surface area (Å²) in [5, 5.41) is 2.76. The van der Waals surface area contributed by atoms with Crippen LogP contribution in [-0.4, -0.2) is 0 Å². The van der Waals surface area contributed by atoms with Gasteiger partial charge in [-0.2, -0.15) is 0 Å². The number of rotatable bonds is 2. The highest BCUT2D eigenvalue weighted by atomic mass is 35.5. The van der Waals surface area contributed by atoms with E-state index < -0.39 is 0 Å². The number of benzene rings is 1. The molecule has 2 rings (SSSR count). The van der Waals surface area contributed by atoms with Gasteiger partial charge in [-0.3, -0.25) is 0 Å². The van der Waals surface area contributed by atoms with Gasteiger partial charge < -0.3 is 5.73 Å². The molecule has 0 aliphatic rings. The van der Waals surface area contributed by atoms with Crippen molar-refractivity contribution in [1.82, 2.24) is 0 Å². The normalized spacial score (nSPS) is 12.7. The maximum atomic E-state index is 6.08. The Balaban J connectivity index is 2.32. The Labute approximate surface area is 92.1 Å². The van der Waals surface area contributed by atoms with Crippen molar-refractivity contribution >= 4 is 22.9 Å². The monoisotopic (exact) mass is 223 g/mol. The quantitative estimate of drug-likeness (QED) is 0.829. The van der Waals surface area contributed by atoms with Crippen molar-refractivity contribution < 1.29 is 0 Å². The summed E-state index contributed by atoms with van der Waals surface area (Å²) < 4.78 is 0. The van der Waals surface area contributed by atoms with Crippen LogP contribution in [-0.2, 0) is 0 Å². The highest BCUT2D eigenvalue weighted by molar-refractivity contribution is 7.10. The van der Waals surface area contributed by atoms with Crippen LogP contribution in [0, 0.1) is 0 Å². The second-order valence-electron chi connectivity index (χ2n) is 3.05. The third kappa shape index (κ3) is 1.98. The summed E-state index contributed by atoms with van der Waals surface area (Å²) in [7, 11) is 0. The summed E-state index contributed by atoms with van der Waals surface area (Å²) in [6.07, 6.45) is 0. The Hall–Kier alpha value is -0.830. The molecule has 0 amide bonds. The molecule has 72 valence electrons. The van der Waals surface area contributed by atoms with Gasteiger partial charge in [0, 0.05) is 9.90 Å². The summed E-state index contributed by atoms with van der Waals surface area (Å²) in [6.45, 7) is 0. The smallest absolute Gasteiger partial charge is 0.0646 e. The van der Waals surface area contributed by atoms with Crippen molar-refractivity contribution in [1.29, 1.82) is 0 Å². The first-order valence-corrected chi connectivity index (χ1v) is 5.57. The zero-order chi connectivity index (χ0) is 9.97. The van der Waals surface area contributed by atoms with Gasteiger partial charge in [0.15, 0.2) is 0 Å². The summed E-state index contributed by atoms with van der Waals surface area (Å²) in [5.74, 6) is 0. The van der Waals surface area contributed by atoms with E-state index in [9.17, 15) is 0 Å². The first-order valence-electron chi connectivity index (χ1n) is 4.32. The minimum absolute atomic E-state index is 0.0614. The average Bonchev–Trinajstić information content (AvgIpc) is 2.69. The van der Waals surface area contributed by atoms with E-state index in [4.69, 9.17) is 17.3 Å². The molecule has 1 aromatic carbocycles. The molecule has 1 atom stereocenters. The lowest BCUT2D eigenvalue weighted by Gasteiger charge is -2.09. The van der Waals surface area contributed by atoms with Gasteiger partial charge in [-0.1, -0.05) is 29.8 Å². The number of hydrogen-bond donors (Lipinski definition) is 1. The van der Waals surface area contributed by atoms with Crippen LogP contribution in [0.25, 0.3) is 0 Å². The van der Waals surface area contributed by atoms with Crippen LogP contribution in [0.4, 0.5) is 0 Å². The minimum atomic E-state index is -0.0614. The summed E-state index contributed by atoms with van der Waals surface area (Å²) in [5.41, 5.74) is 7.14. The van der Waals surface area contributed by atoms with Gasteiger partial charge in [-0.05, 0) is 29.1 Å². The molecular weight excluding hydrogens is 214 g/mol. The zero-order valence-corrected chi connectivity index (χ0v) is 9.05. The number of halogens is 1. The Bertz CT molecular complexity index is 411. The molecule has 14 heavy (non-hydrogen) atoms. The Kier molecular flexibility index (Phi) is 2.87. The van der Waals surface area contributed by atoms with Crippen LogP contribution >= 0.6 is 22.9 Å². The number of thiophene rings is 1. The van der Waals surface area contributed by atoms with E-state index in [1.165, 1.54) is 0 Å². The van der Waals surface area contributed by atoms with E-state index in [2.05, 4.69) is 0 Å². The van der Waals surface area contributed by atoms with Crippen LogP contribution in [0.2, 0.25) is 5.02 Å². The fourth-order valence-electron chi connectivity index (χ4n) is 1.33. The van der Waals surface area contributed by atoms with Gasteiger partial charge in [0.25, 0.3) is 0 Å². The fourth-order valence-corrected chi connectivity index (χ4v) is 2.29. The SMILES string of the molecule is N[C@@H](c1cccc(Cl)c1)c1cccs1. The van der Waals surface area contributed by atoms with Gasteiger partial charge in [0.2, 0.25) is 0 Å². The molecular formula is C11H10ClNS. The van der Waals surface area contributed by atoms with Gasteiger partial charge in [0.05, 0.1) is 6.04 Å². The highest BCUT2D eigenvalue weighted by Gasteiger charge is 2.09. The zero-order valence-electron chi connectivity index (χ0n) is 7.48. The lowest BCUT2D eigenvalue weighted by Crippen LogP contribution is -2.09. The standard InChI is InChI=1S/C11H10ClNS/c12-9-4-1-3-8(7-9)11(13)10-5-2-6-14-10/h1-7,11H,13H2/t11-/m0/s1. The van der Waals surface area contributed by atoms with E-state index in [0.29, 0.717) is 0 Å². The first kappa shape index (κ1) is 9.71. The van der Waals surface area contributed by atoms with Crippen molar-refractivity contribution in [3.8, 4) is 0 Å². The molecule has 0 aliphatic heterocycles. The molecule has 1 heterocycles. The molecule has 0 fully saturated rings. The van der Waals surface area contributed by atoms with Crippen molar-refractivity contribution in [3.05, 3.63) is 57.2 Å².